The molecule has 2 heteroatoms. The molecule has 0 spiro atoms. The summed E-state index contributed by atoms with van der Waals surface area (Å²) in [5, 5.41) is 0. The van der Waals surface area contributed by atoms with E-state index in [1.165, 1.54) is 22.3 Å². The first-order chi connectivity index (χ1) is 10.5. The first-order valence-electron chi connectivity index (χ1n) is 7.84. The molecule has 0 radical (unpaired) electrons. The Morgan fingerprint density at radius 1 is 1.14 bits per heavy atom. The van der Waals surface area contributed by atoms with Crippen molar-refractivity contribution in [2.24, 2.45) is 0 Å². The average Bonchev–Trinajstić information content (AvgIpc) is 2.93. The summed E-state index contributed by atoms with van der Waals surface area (Å²) in [4.78, 5) is 11.4. The van der Waals surface area contributed by atoms with Crippen LogP contribution in [0.25, 0.3) is 0 Å². The lowest BCUT2D eigenvalue weighted by molar-refractivity contribution is 0.112. The molecule has 1 aliphatic rings. The van der Waals surface area contributed by atoms with E-state index in [2.05, 4.69) is 51.1 Å². The highest BCUT2D eigenvalue weighted by Crippen LogP contribution is 2.43. The molecule has 0 saturated heterocycles. The molecule has 0 bridgehead atoms. The number of carbonyl (C=O) groups is 1. The molecule has 22 heavy (non-hydrogen) atoms. The van der Waals surface area contributed by atoms with Gasteiger partial charge in [-0.1, -0.05) is 44.2 Å². The quantitative estimate of drug-likeness (QED) is 0.763. The molecule has 3 rings (SSSR count). The Morgan fingerprint density at radius 2 is 1.82 bits per heavy atom. The number of aldehydes is 1. The summed E-state index contributed by atoms with van der Waals surface area (Å²) in [7, 11) is 0. The highest BCUT2D eigenvalue weighted by Gasteiger charge is 2.30. The fourth-order valence-corrected chi connectivity index (χ4v) is 3.34. The zero-order valence-corrected chi connectivity index (χ0v) is 13.6. The van der Waals surface area contributed by atoms with Gasteiger partial charge in [-0.15, -0.1) is 0 Å². The Hall–Kier alpha value is -2.09. The van der Waals surface area contributed by atoms with Crippen molar-refractivity contribution in [1.82, 2.24) is 0 Å². The van der Waals surface area contributed by atoms with Gasteiger partial charge in [-0.3, -0.25) is 4.79 Å². The van der Waals surface area contributed by atoms with E-state index in [1.54, 1.807) is 0 Å². The summed E-state index contributed by atoms with van der Waals surface area (Å²) in [5.74, 6) is 1.54. The van der Waals surface area contributed by atoms with Crippen LogP contribution in [0, 0.1) is 13.8 Å². The van der Waals surface area contributed by atoms with Crippen LogP contribution in [-0.2, 0) is 0 Å². The van der Waals surface area contributed by atoms with Crippen LogP contribution in [0.2, 0.25) is 0 Å². The number of ether oxygens (including phenoxy) is 1. The van der Waals surface area contributed by atoms with Crippen LogP contribution in [0.1, 0.15) is 63.9 Å². The average molecular weight is 294 g/mol. The van der Waals surface area contributed by atoms with Crippen LogP contribution in [-0.4, -0.2) is 12.9 Å². The second kappa shape index (κ2) is 5.60. The molecular formula is C20H22O2. The molecule has 0 amide bonds. The van der Waals surface area contributed by atoms with E-state index in [1.807, 2.05) is 6.92 Å². The van der Waals surface area contributed by atoms with E-state index in [9.17, 15) is 4.79 Å². The molecule has 2 aromatic rings. The van der Waals surface area contributed by atoms with Crippen molar-refractivity contribution in [3.05, 3.63) is 63.7 Å². The molecule has 1 aliphatic heterocycles. The van der Waals surface area contributed by atoms with Crippen LogP contribution in [0.3, 0.4) is 0 Å². The van der Waals surface area contributed by atoms with E-state index in [0.29, 0.717) is 18.1 Å². The van der Waals surface area contributed by atoms with Crippen molar-refractivity contribution in [2.45, 2.75) is 39.5 Å². The fraction of sp³-hybridized carbons (Fsp3) is 0.350. The van der Waals surface area contributed by atoms with E-state index < -0.39 is 0 Å². The SMILES string of the molecule is Cc1cc(C)c2c(c1C=O)OC[C@@H]2c1ccc(C(C)C)cc1. The van der Waals surface area contributed by atoms with E-state index in [-0.39, 0.29) is 5.92 Å². The summed E-state index contributed by atoms with van der Waals surface area (Å²) in [6.07, 6.45) is 0.915. The molecule has 0 aromatic heterocycles. The Balaban J connectivity index is 2.06. The van der Waals surface area contributed by atoms with Gasteiger partial charge >= 0.3 is 0 Å². The van der Waals surface area contributed by atoms with Gasteiger partial charge < -0.3 is 4.74 Å². The maximum absolute atomic E-state index is 11.4. The van der Waals surface area contributed by atoms with Crippen LogP contribution in [0.4, 0.5) is 0 Å². The van der Waals surface area contributed by atoms with Crippen molar-refractivity contribution in [3.63, 3.8) is 0 Å². The van der Waals surface area contributed by atoms with Gasteiger partial charge in [0.05, 0.1) is 12.2 Å². The molecule has 114 valence electrons. The van der Waals surface area contributed by atoms with Gasteiger partial charge in [-0.25, -0.2) is 0 Å². The minimum atomic E-state index is 0.218. The third kappa shape index (κ3) is 2.33. The van der Waals surface area contributed by atoms with Gasteiger partial charge in [0.15, 0.2) is 6.29 Å². The summed E-state index contributed by atoms with van der Waals surface area (Å²) in [6, 6.07) is 10.9. The second-order valence-corrected chi connectivity index (χ2v) is 6.47. The predicted molar refractivity (Wildman–Crippen MR) is 89.2 cm³/mol. The van der Waals surface area contributed by atoms with Gasteiger partial charge in [-0.05, 0) is 42.0 Å². The Labute approximate surface area is 132 Å². The van der Waals surface area contributed by atoms with Gasteiger partial charge in [-0.2, -0.15) is 0 Å². The molecule has 0 saturated carbocycles. The lowest BCUT2D eigenvalue weighted by Gasteiger charge is -2.14. The lowest BCUT2D eigenvalue weighted by atomic mass is 9.87. The topological polar surface area (TPSA) is 26.3 Å². The zero-order chi connectivity index (χ0) is 15.9. The maximum atomic E-state index is 11.4. The predicted octanol–water partition coefficient (Wildman–Crippen LogP) is 4.76. The molecule has 0 aliphatic carbocycles. The highest BCUT2D eigenvalue weighted by molar-refractivity contribution is 5.84. The van der Waals surface area contributed by atoms with Crippen molar-refractivity contribution >= 4 is 6.29 Å². The number of hydrogen-bond donors (Lipinski definition) is 0. The van der Waals surface area contributed by atoms with Crippen LogP contribution in [0.5, 0.6) is 5.75 Å². The first kappa shape index (κ1) is 14.8. The minimum absolute atomic E-state index is 0.218. The molecule has 0 N–H and O–H groups in total. The summed E-state index contributed by atoms with van der Waals surface area (Å²) in [5.41, 5.74) is 6.66. The van der Waals surface area contributed by atoms with E-state index in [0.717, 1.165) is 17.6 Å². The molecular weight excluding hydrogens is 272 g/mol. The molecule has 0 fully saturated rings. The minimum Gasteiger partial charge on any atom is -0.492 e. The standard InChI is InChI=1S/C20H22O2/c1-12(2)15-5-7-16(8-6-15)18-11-22-20-17(10-21)13(3)9-14(4)19(18)20/h5-10,12,18H,11H2,1-4H3/t18-/m1/s1. The number of fused-ring (bicyclic) bond motifs is 1. The third-order valence-electron chi connectivity index (χ3n) is 4.64. The van der Waals surface area contributed by atoms with Crippen LogP contribution >= 0.6 is 0 Å². The molecule has 1 atom stereocenters. The molecule has 0 unspecified atom stereocenters. The first-order valence-corrected chi connectivity index (χ1v) is 7.84. The van der Waals surface area contributed by atoms with Gasteiger partial charge in [0.1, 0.15) is 5.75 Å². The maximum Gasteiger partial charge on any atom is 0.154 e. The Kier molecular flexibility index (Phi) is 3.78. The van der Waals surface area contributed by atoms with Gasteiger partial charge in [0, 0.05) is 11.5 Å². The number of hydrogen-bond acceptors (Lipinski definition) is 2. The van der Waals surface area contributed by atoms with E-state index in [4.69, 9.17) is 4.74 Å². The largest absolute Gasteiger partial charge is 0.492 e. The Morgan fingerprint density at radius 3 is 2.41 bits per heavy atom. The highest BCUT2D eigenvalue weighted by atomic mass is 16.5. The summed E-state index contributed by atoms with van der Waals surface area (Å²) in [6.45, 7) is 9.08. The fourth-order valence-electron chi connectivity index (χ4n) is 3.34. The van der Waals surface area contributed by atoms with Crippen molar-refractivity contribution < 1.29 is 9.53 Å². The normalized spacial score (nSPS) is 16.5. The van der Waals surface area contributed by atoms with Gasteiger partial charge in [0.2, 0.25) is 0 Å². The summed E-state index contributed by atoms with van der Waals surface area (Å²) < 4.78 is 5.90. The number of benzene rings is 2. The third-order valence-corrected chi connectivity index (χ3v) is 4.64. The number of carbonyl (C=O) groups excluding carboxylic acids is 1. The molecule has 1 heterocycles. The van der Waals surface area contributed by atoms with E-state index >= 15 is 0 Å². The second-order valence-electron chi connectivity index (χ2n) is 6.47. The van der Waals surface area contributed by atoms with Crippen molar-refractivity contribution in [1.29, 1.82) is 0 Å². The van der Waals surface area contributed by atoms with Crippen molar-refractivity contribution in [3.8, 4) is 5.75 Å². The monoisotopic (exact) mass is 294 g/mol. The Bertz CT molecular complexity index is 711. The van der Waals surface area contributed by atoms with Gasteiger partial charge in [0.25, 0.3) is 0 Å². The molecule has 2 aromatic carbocycles. The molecule has 2 nitrogen and oxygen atoms in total. The number of rotatable bonds is 3. The zero-order valence-electron chi connectivity index (χ0n) is 13.6. The smallest absolute Gasteiger partial charge is 0.154 e. The van der Waals surface area contributed by atoms with Crippen molar-refractivity contribution in [2.75, 3.05) is 6.61 Å². The van der Waals surface area contributed by atoms with Crippen LogP contribution in [0.15, 0.2) is 30.3 Å². The van der Waals surface area contributed by atoms with Crippen LogP contribution < -0.4 is 4.74 Å². The number of aryl methyl sites for hydroxylation is 2. The lowest BCUT2D eigenvalue weighted by Crippen LogP contribution is -2.04. The summed E-state index contributed by atoms with van der Waals surface area (Å²) >= 11 is 0.